The average Bonchev–Trinajstić information content (AvgIpc) is 2.95. The van der Waals surface area contributed by atoms with E-state index < -0.39 is 0 Å². The summed E-state index contributed by atoms with van der Waals surface area (Å²) in [5, 5.41) is 2.77. The van der Waals surface area contributed by atoms with E-state index in [0.29, 0.717) is 0 Å². The molecular weight excluding hydrogens is 290 g/mol. The second kappa shape index (κ2) is 8.73. The average molecular weight is 319 g/mol. The monoisotopic (exact) mass is 319 g/mol. The van der Waals surface area contributed by atoms with Crippen molar-refractivity contribution in [1.82, 2.24) is 4.57 Å². The van der Waals surface area contributed by atoms with Gasteiger partial charge in [-0.1, -0.05) is 74.6 Å². The van der Waals surface area contributed by atoms with Gasteiger partial charge < -0.3 is 4.57 Å². The minimum Gasteiger partial charge on any atom is -0.340 e. The van der Waals surface area contributed by atoms with Gasteiger partial charge >= 0.3 is 0 Å². The molecule has 0 spiro atoms. The van der Waals surface area contributed by atoms with Crippen molar-refractivity contribution in [3.8, 4) is 0 Å². The Labute approximate surface area is 146 Å². The van der Waals surface area contributed by atoms with E-state index in [2.05, 4.69) is 59.7 Å². The van der Waals surface area contributed by atoms with Crippen LogP contribution in [0.25, 0.3) is 21.8 Å². The van der Waals surface area contributed by atoms with Crippen molar-refractivity contribution in [3.63, 3.8) is 0 Å². The van der Waals surface area contributed by atoms with Gasteiger partial charge in [0.25, 0.3) is 0 Å². The highest BCUT2D eigenvalue weighted by Gasteiger charge is 2.08. The molecule has 0 amide bonds. The van der Waals surface area contributed by atoms with E-state index >= 15 is 0 Å². The third-order valence-electron chi connectivity index (χ3n) is 4.97. The zero-order valence-corrected chi connectivity index (χ0v) is 14.7. The van der Waals surface area contributed by atoms with Crippen molar-refractivity contribution >= 4 is 21.8 Å². The van der Waals surface area contributed by atoms with Crippen LogP contribution in [0.1, 0.15) is 51.4 Å². The molecule has 3 aromatic rings. The zero-order valence-electron chi connectivity index (χ0n) is 14.7. The molecule has 1 heteroatoms. The van der Waals surface area contributed by atoms with Crippen LogP contribution in [-0.4, -0.2) is 4.57 Å². The Morgan fingerprint density at radius 1 is 0.667 bits per heavy atom. The molecule has 0 aliphatic heterocycles. The van der Waals surface area contributed by atoms with Gasteiger partial charge in [0, 0.05) is 28.4 Å². The molecule has 0 fully saturated rings. The Morgan fingerprint density at radius 3 is 1.75 bits per heavy atom. The number of aryl methyl sites for hydroxylation is 1. The molecule has 0 radical (unpaired) electrons. The maximum Gasteiger partial charge on any atom is 0.0491 e. The van der Waals surface area contributed by atoms with Crippen molar-refractivity contribution in [2.75, 3.05) is 0 Å². The Bertz CT molecular complexity index is 728. The number of hydrogen-bond acceptors (Lipinski definition) is 0. The van der Waals surface area contributed by atoms with Crippen molar-refractivity contribution < 1.29 is 0 Å². The van der Waals surface area contributed by atoms with Gasteiger partial charge in [0.15, 0.2) is 0 Å². The summed E-state index contributed by atoms with van der Waals surface area (Å²) < 4.78 is 2.51. The first-order valence-electron chi connectivity index (χ1n) is 9.48. The van der Waals surface area contributed by atoms with Gasteiger partial charge in [0.1, 0.15) is 0 Å². The number of benzene rings is 2. The largest absolute Gasteiger partial charge is 0.340 e. The quantitative estimate of drug-likeness (QED) is 0.277. The Kier molecular flexibility index (Phi) is 6.12. The fraction of sp³-hybridized carbons (Fsp3) is 0.391. The predicted octanol–water partition coefficient (Wildman–Crippen LogP) is 7.10. The molecule has 0 atom stereocenters. The standard InChI is InChI=1S/C23H29N/c1-2-3-4-5-6-7-8-9-14-19-24-22-17-12-10-15-20(22)21-16-11-13-18-23(21)24/h2,10-13,15-18H,1,3-9,14,19H2. The highest BCUT2D eigenvalue weighted by molar-refractivity contribution is 6.07. The van der Waals surface area contributed by atoms with E-state index in [1.165, 1.54) is 73.2 Å². The normalized spacial score (nSPS) is 11.3. The van der Waals surface area contributed by atoms with Gasteiger partial charge in [0.2, 0.25) is 0 Å². The van der Waals surface area contributed by atoms with Gasteiger partial charge in [0.05, 0.1) is 0 Å². The molecule has 0 aliphatic rings. The Balaban J connectivity index is 1.54. The molecule has 0 bridgehead atoms. The van der Waals surface area contributed by atoms with E-state index in [1.807, 2.05) is 6.08 Å². The number of para-hydroxylation sites is 2. The highest BCUT2D eigenvalue weighted by Crippen LogP contribution is 2.29. The smallest absolute Gasteiger partial charge is 0.0491 e. The summed E-state index contributed by atoms with van der Waals surface area (Å²) in [5.74, 6) is 0. The lowest BCUT2D eigenvalue weighted by Crippen LogP contribution is -1.97. The molecule has 1 nitrogen and oxygen atoms in total. The van der Waals surface area contributed by atoms with Crippen LogP contribution >= 0.6 is 0 Å². The fourth-order valence-corrected chi connectivity index (χ4v) is 3.69. The SMILES string of the molecule is C=CCCCCCCCCCn1c2ccccc2c2ccccc21. The molecule has 1 heterocycles. The van der Waals surface area contributed by atoms with Crippen molar-refractivity contribution in [2.45, 2.75) is 57.9 Å². The fourth-order valence-electron chi connectivity index (χ4n) is 3.69. The lowest BCUT2D eigenvalue weighted by Gasteiger charge is -2.07. The summed E-state index contributed by atoms with van der Waals surface area (Å²) in [4.78, 5) is 0. The summed E-state index contributed by atoms with van der Waals surface area (Å²) in [6.45, 7) is 4.91. The van der Waals surface area contributed by atoms with E-state index in [9.17, 15) is 0 Å². The first kappa shape index (κ1) is 16.8. The zero-order chi connectivity index (χ0) is 16.6. The number of rotatable bonds is 10. The van der Waals surface area contributed by atoms with Gasteiger partial charge in [-0.2, -0.15) is 0 Å². The minimum atomic E-state index is 1.13. The molecule has 0 saturated carbocycles. The number of fused-ring (bicyclic) bond motifs is 3. The van der Waals surface area contributed by atoms with Crippen LogP contribution in [0.5, 0.6) is 0 Å². The summed E-state index contributed by atoms with van der Waals surface area (Å²) >= 11 is 0. The third-order valence-corrected chi connectivity index (χ3v) is 4.97. The number of nitrogens with zero attached hydrogens (tertiary/aromatic N) is 1. The molecule has 0 N–H and O–H groups in total. The Hall–Kier alpha value is -2.02. The second-order valence-electron chi connectivity index (χ2n) is 6.74. The van der Waals surface area contributed by atoms with Crippen molar-refractivity contribution in [1.29, 1.82) is 0 Å². The van der Waals surface area contributed by atoms with Crippen LogP contribution in [0.4, 0.5) is 0 Å². The van der Waals surface area contributed by atoms with Gasteiger partial charge in [-0.25, -0.2) is 0 Å². The van der Waals surface area contributed by atoms with Crippen LogP contribution in [0.15, 0.2) is 61.2 Å². The molecule has 0 saturated heterocycles. The maximum absolute atomic E-state index is 3.78. The maximum atomic E-state index is 3.78. The van der Waals surface area contributed by atoms with Crippen LogP contribution < -0.4 is 0 Å². The van der Waals surface area contributed by atoms with E-state index in [-0.39, 0.29) is 0 Å². The number of allylic oxidation sites excluding steroid dienone is 1. The van der Waals surface area contributed by atoms with Crippen LogP contribution in [0, 0.1) is 0 Å². The van der Waals surface area contributed by atoms with Crippen molar-refractivity contribution in [3.05, 3.63) is 61.2 Å². The van der Waals surface area contributed by atoms with Crippen LogP contribution in [-0.2, 0) is 6.54 Å². The predicted molar refractivity (Wildman–Crippen MR) is 107 cm³/mol. The Morgan fingerprint density at radius 2 is 1.17 bits per heavy atom. The van der Waals surface area contributed by atoms with Gasteiger partial charge in [-0.3, -0.25) is 0 Å². The second-order valence-corrected chi connectivity index (χ2v) is 6.74. The summed E-state index contributed by atoms with van der Waals surface area (Å²) in [7, 11) is 0. The summed E-state index contributed by atoms with van der Waals surface area (Å²) in [6.07, 6.45) is 12.6. The number of unbranched alkanes of at least 4 members (excludes halogenated alkanes) is 7. The lowest BCUT2D eigenvalue weighted by molar-refractivity contribution is 0.556. The molecule has 1 aromatic heterocycles. The topological polar surface area (TPSA) is 4.93 Å². The molecular formula is C23H29N. The van der Waals surface area contributed by atoms with Gasteiger partial charge in [-0.05, 0) is 31.4 Å². The minimum absolute atomic E-state index is 1.13. The highest BCUT2D eigenvalue weighted by atomic mass is 15.0. The first-order chi connectivity index (χ1) is 11.9. The van der Waals surface area contributed by atoms with E-state index in [1.54, 1.807) is 0 Å². The van der Waals surface area contributed by atoms with Gasteiger partial charge in [-0.15, -0.1) is 6.58 Å². The lowest BCUT2D eigenvalue weighted by atomic mass is 10.1. The number of hydrogen-bond donors (Lipinski definition) is 0. The number of aromatic nitrogens is 1. The van der Waals surface area contributed by atoms with Crippen LogP contribution in [0.2, 0.25) is 0 Å². The summed E-state index contributed by atoms with van der Waals surface area (Å²) in [5.41, 5.74) is 2.76. The molecule has 126 valence electrons. The van der Waals surface area contributed by atoms with E-state index in [4.69, 9.17) is 0 Å². The van der Waals surface area contributed by atoms with Crippen molar-refractivity contribution in [2.24, 2.45) is 0 Å². The molecule has 0 aliphatic carbocycles. The van der Waals surface area contributed by atoms with E-state index in [0.717, 1.165) is 6.54 Å². The van der Waals surface area contributed by atoms with Crippen LogP contribution in [0.3, 0.4) is 0 Å². The third kappa shape index (κ3) is 3.90. The molecule has 24 heavy (non-hydrogen) atoms. The molecule has 0 unspecified atom stereocenters. The molecule has 2 aromatic carbocycles. The summed E-state index contributed by atoms with van der Waals surface area (Å²) in [6, 6.07) is 17.6. The first-order valence-corrected chi connectivity index (χ1v) is 9.48. The molecule has 3 rings (SSSR count).